The molecule has 0 bridgehead atoms. The molecular weight excluding hydrogens is 228 g/mol. The second kappa shape index (κ2) is 4.33. The lowest BCUT2D eigenvalue weighted by atomic mass is 10.1. The second-order valence-corrected chi connectivity index (χ2v) is 3.54. The third kappa shape index (κ3) is 2.49. The molecule has 70 valence electrons. The molecule has 0 atom stereocenters. The maximum Gasteiger partial charge on any atom is 0.0577 e. The first-order chi connectivity index (χ1) is 6.15. The molecule has 1 rings (SSSR count). The van der Waals surface area contributed by atoms with Gasteiger partial charge in [-0.15, -0.1) is 0 Å². The average Bonchev–Trinajstić information content (AvgIpc) is 2.10. The summed E-state index contributed by atoms with van der Waals surface area (Å²) in [5.74, 6) is 0. The fourth-order valence-electron chi connectivity index (χ4n) is 1.13. The van der Waals surface area contributed by atoms with Gasteiger partial charge in [0.2, 0.25) is 0 Å². The van der Waals surface area contributed by atoms with Crippen molar-refractivity contribution >= 4 is 33.4 Å². The van der Waals surface area contributed by atoms with Crippen molar-refractivity contribution in [2.45, 2.75) is 6.92 Å². The summed E-state index contributed by atoms with van der Waals surface area (Å²) in [5.41, 5.74) is 14.9. The Bertz CT molecular complexity index is 309. The third-order valence-electron chi connectivity index (χ3n) is 1.84. The standard InChI is InChI=1S/C10H13BrN2/c1-7-5-8(3-2-4-11)6-9(12)10(7)13/h2-3,5-6H,4,12-13H2,1H3. The van der Waals surface area contributed by atoms with Crippen molar-refractivity contribution in [1.82, 2.24) is 0 Å². The van der Waals surface area contributed by atoms with E-state index in [9.17, 15) is 0 Å². The van der Waals surface area contributed by atoms with Crippen molar-refractivity contribution in [1.29, 1.82) is 0 Å². The number of benzene rings is 1. The van der Waals surface area contributed by atoms with Crippen LogP contribution in [0.1, 0.15) is 11.1 Å². The van der Waals surface area contributed by atoms with Gasteiger partial charge in [-0.3, -0.25) is 0 Å². The molecule has 3 heteroatoms. The van der Waals surface area contributed by atoms with Gasteiger partial charge in [0, 0.05) is 5.33 Å². The normalized spacial score (nSPS) is 10.9. The van der Waals surface area contributed by atoms with Crippen LogP contribution >= 0.6 is 15.9 Å². The van der Waals surface area contributed by atoms with Crippen molar-refractivity contribution in [3.63, 3.8) is 0 Å². The molecule has 0 aliphatic rings. The van der Waals surface area contributed by atoms with E-state index in [2.05, 4.69) is 15.9 Å². The summed E-state index contributed by atoms with van der Waals surface area (Å²) in [4.78, 5) is 0. The Balaban J connectivity index is 3.06. The molecule has 1 aromatic rings. The van der Waals surface area contributed by atoms with Crippen LogP contribution in [-0.2, 0) is 0 Å². The molecule has 0 radical (unpaired) electrons. The predicted molar refractivity (Wildman–Crippen MR) is 62.8 cm³/mol. The van der Waals surface area contributed by atoms with Crippen LogP contribution in [0, 0.1) is 6.92 Å². The number of hydrogen-bond donors (Lipinski definition) is 2. The molecule has 0 heterocycles. The molecule has 0 amide bonds. The quantitative estimate of drug-likeness (QED) is 0.617. The van der Waals surface area contributed by atoms with Crippen LogP contribution in [0.3, 0.4) is 0 Å². The maximum absolute atomic E-state index is 5.72. The van der Waals surface area contributed by atoms with Crippen LogP contribution in [0.15, 0.2) is 18.2 Å². The number of aryl methyl sites for hydroxylation is 1. The summed E-state index contributed by atoms with van der Waals surface area (Å²) < 4.78 is 0. The third-order valence-corrected chi connectivity index (χ3v) is 2.21. The Kier molecular flexibility index (Phi) is 3.37. The molecule has 0 saturated heterocycles. The van der Waals surface area contributed by atoms with Gasteiger partial charge in [0.1, 0.15) is 0 Å². The number of halogens is 1. The Morgan fingerprint density at radius 2 is 2.08 bits per heavy atom. The summed E-state index contributed by atoms with van der Waals surface area (Å²) in [5, 5.41) is 0.844. The van der Waals surface area contributed by atoms with Gasteiger partial charge < -0.3 is 11.5 Å². The molecule has 0 aliphatic heterocycles. The highest BCUT2D eigenvalue weighted by Gasteiger charge is 1.99. The van der Waals surface area contributed by atoms with E-state index in [0.717, 1.165) is 16.5 Å². The molecule has 0 fully saturated rings. The molecule has 2 nitrogen and oxygen atoms in total. The van der Waals surface area contributed by atoms with Crippen LogP contribution in [-0.4, -0.2) is 5.33 Å². The zero-order chi connectivity index (χ0) is 9.84. The van der Waals surface area contributed by atoms with Gasteiger partial charge in [-0.2, -0.15) is 0 Å². The Hall–Kier alpha value is -0.960. The lowest BCUT2D eigenvalue weighted by molar-refractivity contribution is 1.46. The van der Waals surface area contributed by atoms with Crippen LogP contribution < -0.4 is 11.5 Å². The smallest absolute Gasteiger partial charge is 0.0577 e. The first kappa shape index (κ1) is 10.1. The molecule has 0 aliphatic carbocycles. The largest absolute Gasteiger partial charge is 0.397 e. The zero-order valence-electron chi connectivity index (χ0n) is 7.55. The molecule has 4 N–H and O–H groups in total. The van der Waals surface area contributed by atoms with Gasteiger partial charge in [0.25, 0.3) is 0 Å². The lowest BCUT2D eigenvalue weighted by Gasteiger charge is -2.05. The van der Waals surface area contributed by atoms with Gasteiger partial charge in [0.15, 0.2) is 0 Å². The molecule has 0 aromatic heterocycles. The topological polar surface area (TPSA) is 52.0 Å². The van der Waals surface area contributed by atoms with Crippen molar-refractivity contribution in [2.24, 2.45) is 0 Å². The summed E-state index contributed by atoms with van der Waals surface area (Å²) in [6, 6.07) is 3.90. The number of rotatable bonds is 2. The van der Waals surface area contributed by atoms with E-state index < -0.39 is 0 Å². The summed E-state index contributed by atoms with van der Waals surface area (Å²) in [6.45, 7) is 1.96. The van der Waals surface area contributed by atoms with Gasteiger partial charge in [-0.05, 0) is 30.2 Å². The van der Waals surface area contributed by atoms with Gasteiger partial charge in [-0.1, -0.05) is 28.1 Å². The number of allylic oxidation sites excluding steroid dienone is 1. The van der Waals surface area contributed by atoms with Gasteiger partial charge in [0.05, 0.1) is 11.4 Å². The van der Waals surface area contributed by atoms with Crippen LogP contribution in [0.2, 0.25) is 0 Å². The van der Waals surface area contributed by atoms with E-state index in [0.29, 0.717) is 11.4 Å². The van der Waals surface area contributed by atoms with Crippen molar-refractivity contribution in [3.05, 3.63) is 29.3 Å². The van der Waals surface area contributed by atoms with Gasteiger partial charge in [-0.25, -0.2) is 0 Å². The SMILES string of the molecule is Cc1cc(C=CCBr)cc(N)c1N. The molecule has 0 unspecified atom stereocenters. The highest BCUT2D eigenvalue weighted by molar-refractivity contribution is 9.09. The van der Waals surface area contributed by atoms with E-state index in [1.165, 1.54) is 0 Å². The minimum absolute atomic E-state index is 0.647. The number of anilines is 2. The molecule has 1 aromatic carbocycles. The summed E-state index contributed by atoms with van der Waals surface area (Å²) in [6.07, 6.45) is 4.03. The first-order valence-corrected chi connectivity index (χ1v) is 5.15. The molecular formula is C10H13BrN2. The van der Waals surface area contributed by atoms with Crippen LogP contribution in [0.5, 0.6) is 0 Å². The minimum Gasteiger partial charge on any atom is -0.397 e. The van der Waals surface area contributed by atoms with Crippen molar-refractivity contribution < 1.29 is 0 Å². The highest BCUT2D eigenvalue weighted by atomic mass is 79.9. The van der Waals surface area contributed by atoms with Crippen LogP contribution in [0.4, 0.5) is 11.4 Å². The summed E-state index contributed by atoms with van der Waals surface area (Å²) in [7, 11) is 0. The highest BCUT2D eigenvalue weighted by Crippen LogP contribution is 2.22. The van der Waals surface area contributed by atoms with E-state index in [-0.39, 0.29) is 0 Å². The van der Waals surface area contributed by atoms with E-state index in [1.807, 2.05) is 31.2 Å². The number of hydrogen-bond acceptors (Lipinski definition) is 2. The fraction of sp³-hybridized carbons (Fsp3) is 0.200. The van der Waals surface area contributed by atoms with E-state index in [1.54, 1.807) is 0 Å². The van der Waals surface area contributed by atoms with E-state index >= 15 is 0 Å². The number of alkyl halides is 1. The summed E-state index contributed by atoms with van der Waals surface area (Å²) >= 11 is 3.32. The number of nitrogen functional groups attached to an aromatic ring is 2. The monoisotopic (exact) mass is 240 g/mol. The molecule has 13 heavy (non-hydrogen) atoms. The van der Waals surface area contributed by atoms with Crippen molar-refractivity contribution in [2.75, 3.05) is 16.8 Å². The van der Waals surface area contributed by atoms with E-state index in [4.69, 9.17) is 11.5 Å². The molecule has 0 spiro atoms. The van der Waals surface area contributed by atoms with Crippen LogP contribution in [0.25, 0.3) is 6.08 Å². The Morgan fingerprint density at radius 1 is 1.38 bits per heavy atom. The van der Waals surface area contributed by atoms with Crippen molar-refractivity contribution in [3.8, 4) is 0 Å². The minimum atomic E-state index is 0.647. The first-order valence-electron chi connectivity index (χ1n) is 4.03. The Labute approximate surface area is 86.7 Å². The molecule has 0 saturated carbocycles. The van der Waals surface area contributed by atoms with Gasteiger partial charge >= 0.3 is 0 Å². The average molecular weight is 241 g/mol. The second-order valence-electron chi connectivity index (χ2n) is 2.90. The fourth-order valence-corrected chi connectivity index (χ4v) is 1.32. The zero-order valence-corrected chi connectivity index (χ0v) is 9.14. The lowest BCUT2D eigenvalue weighted by Crippen LogP contribution is -1.97. The predicted octanol–water partition coefficient (Wildman–Crippen LogP) is 2.57. The Morgan fingerprint density at radius 3 is 2.62 bits per heavy atom. The number of nitrogens with two attached hydrogens (primary N) is 2. The maximum atomic E-state index is 5.72.